The van der Waals surface area contributed by atoms with Crippen LogP contribution in [0.5, 0.6) is 0 Å². The zero-order chi connectivity index (χ0) is 15.2. The molecule has 1 amide bonds. The summed E-state index contributed by atoms with van der Waals surface area (Å²) in [6.45, 7) is 2.21. The summed E-state index contributed by atoms with van der Waals surface area (Å²) in [5.41, 5.74) is 0.204. The fraction of sp³-hybridized carbons (Fsp3) is 0.571. The highest BCUT2D eigenvalue weighted by Gasteiger charge is 2.28. The maximum Gasteiger partial charge on any atom is 0.308 e. The van der Waals surface area contributed by atoms with Crippen LogP contribution in [0.1, 0.15) is 43.1 Å². The molecule has 1 aromatic heterocycles. The Balaban J connectivity index is 1.83. The van der Waals surface area contributed by atoms with Gasteiger partial charge in [0.25, 0.3) is 5.91 Å². The van der Waals surface area contributed by atoms with Crippen molar-refractivity contribution < 1.29 is 14.3 Å². The number of hydrogen-bond acceptors (Lipinski definition) is 5. The maximum absolute atomic E-state index is 12.0. The molecule has 1 N–H and O–H groups in total. The average molecular weight is 312 g/mol. The van der Waals surface area contributed by atoms with Crippen LogP contribution in [0.4, 0.5) is 0 Å². The van der Waals surface area contributed by atoms with Gasteiger partial charge in [0.2, 0.25) is 0 Å². The molecule has 0 bridgehead atoms. The lowest BCUT2D eigenvalue weighted by Crippen LogP contribution is -2.39. The number of hydrogen-bond donors (Lipinski definition) is 1. The van der Waals surface area contributed by atoms with Crippen LogP contribution in [0.2, 0.25) is 5.15 Å². The van der Waals surface area contributed by atoms with Gasteiger partial charge in [0, 0.05) is 6.04 Å². The molecule has 7 heteroatoms. The molecule has 2 rings (SSSR count). The molecule has 1 aliphatic carbocycles. The second kappa shape index (κ2) is 7.36. The lowest BCUT2D eigenvalue weighted by atomic mass is 9.86. The minimum Gasteiger partial charge on any atom is -0.466 e. The average Bonchev–Trinajstić information content (AvgIpc) is 2.48. The van der Waals surface area contributed by atoms with Crippen molar-refractivity contribution in [2.45, 2.75) is 38.6 Å². The number of rotatable bonds is 4. The second-order valence-corrected chi connectivity index (χ2v) is 5.39. The van der Waals surface area contributed by atoms with Gasteiger partial charge in [0.1, 0.15) is 10.8 Å². The number of nitrogens with one attached hydrogen (secondary N) is 1. The number of esters is 1. The lowest BCUT2D eigenvalue weighted by Gasteiger charge is -2.27. The number of nitrogens with zero attached hydrogens (tertiary/aromatic N) is 2. The Hall–Kier alpha value is -1.69. The van der Waals surface area contributed by atoms with E-state index < -0.39 is 0 Å². The summed E-state index contributed by atoms with van der Waals surface area (Å²) in [6.07, 6.45) is 5.72. The van der Waals surface area contributed by atoms with Gasteiger partial charge < -0.3 is 10.1 Å². The molecule has 0 saturated heterocycles. The molecule has 0 spiro atoms. The van der Waals surface area contributed by atoms with E-state index in [4.69, 9.17) is 16.3 Å². The Labute approximate surface area is 128 Å². The first-order valence-corrected chi connectivity index (χ1v) is 7.43. The van der Waals surface area contributed by atoms with E-state index >= 15 is 0 Å². The minimum atomic E-state index is -0.287. The summed E-state index contributed by atoms with van der Waals surface area (Å²) in [6, 6.07) is 0.0453. The van der Waals surface area contributed by atoms with Gasteiger partial charge in [-0.15, -0.1) is 0 Å². The van der Waals surface area contributed by atoms with Crippen LogP contribution >= 0.6 is 11.6 Å². The van der Waals surface area contributed by atoms with E-state index in [9.17, 15) is 9.59 Å². The normalized spacial score (nSPS) is 21.6. The molecule has 0 unspecified atom stereocenters. The Bertz CT molecular complexity index is 516. The van der Waals surface area contributed by atoms with Crippen LogP contribution in [0, 0.1) is 5.92 Å². The van der Waals surface area contributed by atoms with E-state index in [0.717, 1.165) is 25.7 Å². The zero-order valence-corrected chi connectivity index (χ0v) is 12.6. The summed E-state index contributed by atoms with van der Waals surface area (Å²) < 4.78 is 5.02. The number of halogens is 1. The molecule has 0 radical (unpaired) electrons. The minimum absolute atomic E-state index is 0.0453. The predicted molar refractivity (Wildman–Crippen MR) is 76.9 cm³/mol. The first-order valence-electron chi connectivity index (χ1n) is 7.05. The van der Waals surface area contributed by atoms with E-state index in [1.165, 1.54) is 12.4 Å². The fourth-order valence-corrected chi connectivity index (χ4v) is 2.59. The SMILES string of the molecule is CCOC(=O)C1CCC(NC(=O)c2cncc(Cl)n2)CC1. The molecule has 0 aliphatic heterocycles. The molecule has 1 heterocycles. The molecule has 1 saturated carbocycles. The van der Waals surface area contributed by atoms with Crippen molar-refractivity contribution in [2.75, 3.05) is 6.61 Å². The molecular weight excluding hydrogens is 294 g/mol. The van der Waals surface area contributed by atoms with Gasteiger partial charge in [-0.05, 0) is 32.6 Å². The van der Waals surface area contributed by atoms with Crippen molar-refractivity contribution in [1.82, 2.24) is 15.3 Å². The number of carbonyl (C=O) groups excluding carboxylic acids is 2. The smallest absolute Gasteiger partial charge is 0.308 e. The van der Waals surface area contributed by atoms with Gasteiger partial charge in [0.15, 0.2) is 0 Å². The van der Waals surface area contributed by atoms with E-state index in [0.29, 0.717) is 6.61 Å². The second-order valence-electron chi connectivity index (χ2n) is 5.00. The van der Waals surface area contributed by atoms with Crippen molar-refractivity contribution in [3.63, 3.8) is 0 Å². The molecule has 0 atom stereocenters. The van der Waals surface area contributed by atoms with Crippen molar-refractivity contribution in [3.05, 3.63) is 23.2 Å². The summed E-state index contributed by atoms with van der Waals surface area (Å²) in [7, 11) is 0. The van der Waals surface area contributed by atoms with Crippen LogP contribution in [0.15, 0.2) is 12.4 Å². The van der Waals surface area contributed by atoms with Crippen LogP contribution < -0.4 is 5.32 Å². The Morgan fingerprint density at radius 2 is 2.05 bits per heavy atom. The molecule has 21 heavy (non-hydrogen) atoms. The molecule has 1 fully saturated rings. The first kappa shape index (κ1) is 15.7. The monoisotopic (exact) mass is 311 g/mol. The predicted octanol–water partition coefficient (Wildman–Crippen LogP) is 1.98. The quantitative estimate of drug-likeness (QED) is 0.860. The third-order valence-electron chi connectivity index (χ3n) is 3.52. The van der Waals surface area contributed by atoms with Gasteiger partial charge in [-0.1, -0.05) is 11.6 Å². The molecule has 1 aliphatic rings. The van der Waals surface area contributed by atoms with Crippen molar-refractivity contribution in [3.8, 4) is 0 Å². The van der Waals surface area contributed by atoms with Gasteiger partial charge >= 0.3 is 5.97 Å². The standard InChI is InChI=1S/C14H18ClN3O3/c1-2-21-14(20)9-3-5-10(6-4-9)17-13(19)11-7-16-8-12(15)18-11/h7-10H,2-6H2,1H3,(H,17,19). The third kappa shape index (κ3) is 4.39. The van der Waals surface area contributed by atoms with Gasteiger partial charge in [-0.3, -0.25) is 14.6 Å². The molecular formula is C14H18ClN3O3. The zero-order valence-electron chi connectivity index (χ0n) is 11.8. The van der Waals surface area contributed by atoms with Crippen LogP contribution in [0.3, 0.4) is 0 Å². The number of aromatic nitrogens is 2. The summed E-state index contributed by atoms with van der Waals surface area (Å²) in [5, 5.41) is 3.09. The highest BCUT2D eigenvalue weighted by Crippen LogP contribution is 2.25. The van der Waals surface area contributed by atoms with Crippen molar-refractivity contribution >= 4 is 23.5 Å². The molecule has 114 valence electrons. The highest BCUT2D eigenvalue weighted by molar-refractivity contribution is 6.29. The van der Waals surface area contributed by atoms with E-state index in [1.54, 1.807) is 6.92 Å². The van der Waals surface area contributed by atoms with E-state index in [-0.39, 0.29) is 34.7 Å². The van der Waals surface area contributed by atoms with Crippen LogP contribution in [-0.4, -0.2) is 34.5 Å². The largest absolute Gasteiger partial charge is 0.466 e. The molecule has 1 aromatic rings. The molecule has 0 aromatic carbocycles. The Kier molecular flexibility index (Phi) is 5.50. The van der Waals surface area contributed by atoms with Crippen molar-refractivity contribution in [2.24, 2.45) is 5.92 Å². The van der Waals surface area contributed by atoms with Gasteiger partial charge in [0.05, 0.1) is 24.9 Å². The first-order chi connectivity index (χ1) is 10.1. The lowest BCUT2D eigenvalue weighted by molar-refractivity contribution is -0.149. The summed E-state index contributed by atoms with van der Waals surface area (Å²) in [5.74, 6) is -0.475. The fourth-order valence-electron chi connectivity index (χ4n) is 2.44. The number of ether oxygens (including phenoxy) is 1. The van der Waals surface area contributed by atoms with E-state index in [1.807, 2.05) is 0 Å². The van der Waals surface area contributed by atoms with Gasteiger partial charge in [-0.25, -0.2) is 4.98 Å². The topological polar surface area (TPSA) is 81.2 Å². The number of amides is 1. The maximum atomic E-state index is 12.0. The number of carbonyl (C=O) groups is 2. The molecule has 6 nitrogen and oxygen atoms in total. The Morgan fingerprint density at radius 1 is 1.33 bits per heavy atom. The van der Waals surface area contributed by atoms with Crippen LogP contribution in [0.25, 0.3) is 0 Å². The summed E-state index contributed by atoms with van der Waals surface area (Å²) in [4.78, 5) is 31.4. The van der Waals surface area contributed by atoms with Crippen molar-refractivity contribution in [1.29, 1.82) is 0 Å². The van der Waals surface area contributed by atoms with Gasteiger partial charge in [-0.2, -0.15) is 0 Å². The van der Waals surface area contributed by atoms with E-state index in [2.05, 4.69) is 15.3 Å². The summed E-state index contributed by atoms with van der Waals surface area (Å²) >= 11 is 5.71. The van der Waals surface area contributed by atoms with Crippen LogP contribution in [-0.2, 0) is 9.53 Å². The Morgan fingerprint density at radius 3 is 2.67 bits per heavy atom. The highest BCUT2D eigenvalue weighted by atomic mass is 35.5. The third-order valence-corrected chi connectivity index (χ3v) is 3.70.